The summed E-state index contributed by atoms with van der Waals surface area (Å²) < 4.78 is 52.2. The Bertz CT molecular complexity index is 1680. The van der Waals surface area contributed by atoms with Crippen molar-refractivity contribution < 1.29 is 65.8 Å². The monoisotopic (exact) mass is 761 g/mol. The van der Waals surface area contributed by atoms with Crippen molar-refractivity contribution in [1.29, 1.82) is 0 Å². The number of carbonyl (C=O) groups is 2. The summed E-state index contributed by atoms with van der Waals surface area (Å²) in [7, 11) is -16.9. The smallest absolute Gasteiger partial charge is 0.390 e. The van der Waals surface area contributed by atoms with Crippen molar-refractivity contribution in [2.24, 2.45) is 5.73 Å². The molecule has 1 aliphatic rings. The zero-order valence-electron chi connectivity index (χ0n) is 25.7. The number of rotatable bonds is 20. The van der Waals surface area contributed by atoms with Gasteiger partial charge >= 0.3 is 29.2 Å². The minimum absolute atomic E-state index is 0.117. The van der Waals surface area contributed by atoms with E-state index in [0.29, 0.717) is 32.4 Å². The second-order valence-electron chi connectivity index (χ2n) is 10.8. The summed E-state index contributed by atoms with van der Waals surface area (Å²) in [5.41, 5.74) is 4.71. The van der Waals surface area contributed by atoms with Crippen molar-refractivity contribution >= 4 is 35.3 Å². The predicted molar refractivity (Wildman–Crippen MR) is 164 cm³/mol. The molecule has 49 heavy (non-hydrogen) atoms. The highest BCUT2D eigenvalue weighted by Crippen LogP contribution is 2.66. The van der Waals surface area contributed by atoms with Gasteiger partial charge in [0, 0.05) is 49.6 Å². The number of aromatic amines is 2. The number of nitrogens with one attached hydrogen (secondary N) is 4. The Morgan fingerprint density at radius 1 is 1.06 bits per heavy atom. The van der Waals surface area contributed by atoms with Crippen molar-refractivity contribution in [1.82, 2.24) is 30.2 Å². The van der Waals surface area contributed by atoms with Crippen LogP contribution in [-0.2, 0) is 54.0 Å². The van der Waals surface area contributed by atoms with Gasteiger partial charge in [0.15, 0.2) is 0 Å². The number of hydrogen-bond acceptors (Lipinski definition) is 14. The molecular formula is C23H38N7O16P3. The van der Waals surface area contributed by atoms with Crippen molar-refractivity contribution in [2.45, 2.75) is 69.4 Å². The second kappa shape index (κ2) is 17.9. The molecule has 2 aromatic rings. The van der Waals surface area contributed by atoms with Crippen LogP contribution in [0.3, 0.4) is 0 Å². The maximum absolute atomic E-state index is 12.5. The van der Waals surface area contributed by atoms with Gasteiger partial charge in [0.2, 0.25) is 11.8 Å². The molecule has 0 saturated carbocycles. The number of H-pyrrole nitrogens is 2. The number of unbranched alkanes of at least 4 members (excludes halogenated alkanes) is 3. The number of nitrogens with zero attached hydrogens (tertiary/aromatic N) is 2. The van der Waals surface area contributed by atoms with Gasteiger partial charge in [-0.25, -0.2) is 23.5 Å². The average Bonchev–Trinajstić information content (AvgIpc) is 3.62. The minimum Gasteiger partial charge on any atom is -0.390 e. The van der Waals surface area contributed by atoms with Crippen LogP contribution in [0.1, 0.15) is 49.6 Å². The molecule has 11 N–H and O–H groups in total. The number of amides is 2. The molecule has 23 nitrogen and oxygen atoms in total. The summed E-state index contributed by atoms with van der Waals surface area (Å²) in [6.45, 7) is -0.228. The van der Waals surface area contributed by atoms with Crippen LogP contribution in [0.4, 0.5) is 0 Å². The van der Waals surface area contributed by atoms with E-state index in [2.05, 4.69) is 33.7 Å². The van der Waals surface area contributed by atoms with Gasteiger partial charge in [0.25, 0.3) is 5.56 Å². The Balaban J connectivity index is 1.40. The van der Waals surface area contributed by atoms with Crippen LogP contribution in [0.25, 0.3) is 0 Å². The fourth-order valence-corrected chi connectivity index (χ4v) is 7.54. The first-order valence-electron chi connectivity index (χ1n) is 14.6. The molecule has 0 spiro atoms. The van der Waals surface area contributed by atoms with Crippen LogP contribution in [0.15, 0.2) is 28.3 Å². The quantitative estimate of drug-likeness (QED) is 0.0523. The molecule has 2 amide bonds. The van der Waals surface area contributed by atoms with Gasteiger partial charge in [-0.2, -0.15) is 8.62 Å². The molecule has 6 atom stereocenters. The van der Waals surface area contributed by atoms with Gasteiger partial charge < -0.3 is 50.8 Å². The molecule has 2 unspecified atom stereocenters. The molecule has 1 aliphatic heterocycles. The third kappa shape index (κ3) is 14.1. The molecule has 3 heterocycles. The Hall–Kier alpha value is -2.88. The normalized spacial score (nSPS) is 21.1. The fraction of sp³-hybridized carbons (Fsp3) is 0.609. The lowest BCUT2D eigenvalue weighted by Gasteiger charge is -2.19. The number of aromatic nitrogens is 4. The maximum atomic E-state index is 12.5. The van der Waals surface area contributed by atoms with Crippen molar-refractivity contribution in [3.63, 3.8) is 0 Å². The first-order valence-corrected chi connectivity index (χ1v) is 19.1. The molecule has 0 bridgehead atoms. The minimum atomic E-state index is -5.76. The van der Waals surface area contributed by atoms with Gasteiger partial charge in [0.1, 0.15) is 12.3 Å². The molecule has 3 rings (SSSR count). The van der Waals surface area contributed by atoms with Crippen LogP contribution < -0.4 is 27.6 Å². The topological polar surface area (TPSA) is 357 Å². The number of phosphoric ester groups is 1. The predicted octanol–water partition coefficient (Wildman–Crippen LogP) is -1.84. The number of nitrogens with two attached hydrogens (primary N) is 1. The van der Waals surface area contributed by atoms with Crippen LogP contribution in [0, 0.1) is 0 Å². The zero-order valence-corrected chi connectivity index (χ0v) is 28.3. The molecule has 1 fully saturated rings. The third-order valence-corrected chi connectivity index (χ3v) is 10.6. The summed E-state index contributed by atoms with van der Waals surface area (Å²) >= 11 is 0. The summed E-state index contributed by atoms with van der Waals surface area (Å²) in [5, 5.41) is 15.8. The molecule has 2 aromatic heterocycles. The highest BCUT2D eigenvalue weighted by Gasteiger charge is 2.43. The lowest BCUT2D eigenvalue weighted by Crippen LogP contribution is -2.42. The number of imidazole rings is 1. The Kier molecular flexibility index (Phi) is 14.8. The van der Waals surface area contributed by atoms with Crippen LogP contribution in [0.2, 0.25) is 0 Å². The second-order valence-corrected chi connectivity index (χ2v) is 15.2. The number of phosphoric acid groups is 3. The average molecular weight is 762 g/mol. The van der Waals surface area contributed by atoms with Gasteiger partial charge in [0.05, 0.1) is 31.5 Å². The first-order chi connectivity index (χ1) is 22.8. The Morgan fingerprint density at radius 2 is 1.73 bits per heavy atom. The maximum Gasteiger partial charge on any atom is 0.490 e. The largest absolute Gasteiger partial charge is 0.490 e. The molecule has 276 valence electrons. The van der Waals surface area contributed by atoms with E-state index in [9.17, 15) is 47.8 Å². The lowest BCUT2D eigenvalue weighted by molar-refractivity contribution is -0.122. The van der Waals surface area contributed by atoms with E-state index in [0.717, 1.165) is 29.3 Å². The van der Waals surface area contributed by atoms with E-state index in [1.807, 2.05) is 4.98 Å². The lowest BCUT2D eigenvalue weighted by atomic mass is 10.1. The zero-order chi connectivity index (χ0) is 36.4. The molecule has 0 aromatic carbocycles. The fourth-order valence-electron chi connectivity index (χ4n) is 4.51. The third-order valence-electron chi connectivity index (χ3n) is 6.78. The highest BCUT2D eigenvalue weighted by atomic mass is 31.3. The van der Waals surface area contributed by atoms with Crippen molar-refractivity contribution in [2.75, 3.05) is 19.7 Å². The standard InChI is InChI=1S/C23H38N7O16P3/c24-16(8-15-10-25-13-28-15)22(34)27-6-4-2-1-3-5-26-19(32)7-14-11-30(23(35)29-21(14)33)20-9-17(31)18(44-20)12-43-48(39,40)46-49(41,42)45-47(36,37)38/h10-11,13,16-18,20,31H,1-9,12,24H2,(H,25,28)(H,26,32)(H,27,34)(H,39,40)(H,41,42)(H,29,33,35)(H2,36,37,38)/t16-,17-,18+,20+/m0/s1. The van der Waals surface area contributed by atoms with E-state index in [1.165, 1.54) is 6.33 Å². The van der Waals surface area contributed by atoms with Crippen molar-refractivity contribution in [3.8, 4) is 0 Å². The Labute approximate surface area is 277 Å². The molecule has 26 heteroatoms. The van der Waals surface area contributed by atoms with Gasteiger partial charge in [-0.1, -0.05) is 12.8 Å². The SMILES string of the molecule is N[C@@H](Cc1cnc[nH]1)C(=O)NCCCCCCNC(=O)Cc1cn([C@H]2C[C@H](O)[C@@H](COP(=O)(O)OP(=O)(O)OP(=O)(O)O)O2)c(=O)[nH]c1=O. The summed E-state index contributed by atoms with van der Waals surface area (Å²) in [6.07, 6.45) is 2.48. The molecule has 1 saturated heterocycles. The number of hydrogen-bond donors (Lipinski definition) is 10. The number of aliphatic hydroxyl groups is 1. The molecular weight excluding hydrogens is 723 g/mol. The van der Waals surface area contributed by atoms with Crippen LogP contribution in [-0.4, -0.2) is 94.0 Å². The van der Waals surface area contributed by atoms with E-state index < -0.39 is 78.1 Å². The van der Waals surface area contributed by atoms with Gasteiger partial charge in [-0.3, -0.25) is 28.5 Å². The number of ether oxygens (including phenoxy) is 1. The van der Waals surface area contributed by atoms with E-state index in [-0.39, 0.29) is 17.9 Å². The van der Waals surface area contributed by atoms with Gasteiger partial charge in [-0.15, -0.1) is 0 Å². The number of carbonyl (C=O) groups excluding carboxylic acids is 2. The van der Waals surface area contributed by atoms with Crippen LogP contribution in [0.5, 0.6) is 0 Å². The summed E-state index contributed by atoms with van der Waals surface area (Å²) in [5.74, 6) is -0.792. The van der Waals surface area contributed by atoms with Crippen molar-refractivity contribution in [3.05, 3.63) is 50.8 Å². The molecule has 0 radical (unpaired) electrons. The van der Waals surface area contributed by atoms with Gasteiger partial charge in [-0.05, 0) is 12.8 Å². The van der Waals surface area contributed by atoms with Crippen LogP contribution >= 0.6 is 23.5 Å². The summed E-state index contributed by atoms with van der Waals surface area (Å²) in [4.78, 5) is 94.2. The number of aliphatic hydroxyl groups excluding tert-OH is 1. The highest BCUT2D eigenvalue weighted by molar-refractivity contribution is 7.66. The van der Waals surface area contributed by atoms with E-state index in [4.69, 9.17) is 20.3 Å². The van der Waals surface area contributed by atoms with E-state index in [1.54, 1.807) is 6.20 Å². The molecule has 0 aliphatic carbocycles. The van der Waals surface area contributed by atoms with E-state index >= 15 is 0 Å². The Morgan fingerprint density at radius 3 is 2.37 bits per heavy atom. The summed E-state index contributed by atoms with van der Waals surface area (Å²) in [6, 6.07) is -0.702. The first kappa shape index (κ1) is 40.5.